The van der Waals surface area contributed by atoms with Gasteiger partial charge in [0.15, 0.2) is 0 Å². The minimum Gasteiger partial charge on any atom is -0.478 e. The second kappa shape index (κ2) is 13.7. The highest BCUT2D eigenvalue weighted by Crippen LogP contribution is 2.21. The Hall–Kier alpha value is -1.58. The normalized spacial score (nSPS) is 15.5. The van der Waals surface area contributed by atoms with Gasteiger partial charge in [0.1, 0.15) is 6.10 Å². The van der Waals surface area contributed by atoms with Gasteiger partial charge >= 0.3 is 11.9 Å². The van der Waals surface area contributed by atoms with E-state index < -0.39 is 5.97 Å². The molecule has 0 spiro atoms. The Labute approximate surface area is 153 Å². The quantitative estimate of drug-likeness (QED) is 0.429. The third kappa shape index (κ3) is 11.6. The molecule has 1 aliphatic carbocycles. The summed E-state index contributed by atoms with van der Waals surface area (Å²) < 4.78 is 5.21. The van der Waals surface area contributed by atoms with Crippen molar-refractivity contribution in [2.45, 2.75) is 91.1 Å². The van der Waals surface area contributed by atoms with Gasteiger partial charge in [-0.25, -0.2) is 9.59 Å². The molecule has 4 nitrogen and oxygen atoms in total. The Morgan fingerprint density at radius 3 is 2.20 bits per heavy atom. The van der Waals surface area contributed by atoms with E-state index in [-0.39, 0.29) is 12.1 Å². The highest BCUT2D eigenvalue weighted by atomic mass is 16.5. The molecular formula is C21H36O4. The van der Waals surface area contributed by atoms with Gasteiger partial charge < -0.3 is 9.84 Å². The van der Waals surface area contributed by atoms with E-state index in [2.05, 4.69) is 27.0 Å². The van der Waals surface area contributed by atoms with Crippen molar-refractivity contribution >= 4 is 11.9 Å². The van der Waals surface area contributed by atoms with E-state index in [9.17, 15) is 9.59 Å². The number of carbonyl (C=O) groups is 2. The summed E-state index contributed by atoms with van der Waals surface area (Å²) in [4.78, 5) is 21.6. The van der Waals surface area contributed by atoms with Crippen LogP contribution in [0.5, 0.6) is 0 Å². The van der Waals surface area contributed by atoms with Crippen LogP contribution in [0.15, 0.2) is 24.3 Å². The van der Waals surface area contributed by atoms with Crippen LogP contribution in [-0.2, 0) is 14.3 Å². The number of ether oxygens (including phenoxy) is 1. The zero-order valence-electron chi connectivity index (χ0n) is 16.3. The van der Waals surface area contributed by atoms with Crippen molar-refractivity contribution < 1.29 is 19.4 Å². The first kappa shape index (κ1) is 23.4. The highest BCUT2D eigenvalue weighted by molar-refractivity contribution is 5.87. The van der Waals surface area contributed by atoms with Gasteiger partial charge in [0.2, 0.25) is 0 Å². The number of hydrogen-bond acceptors (Lipinski definition) is 3. The van der Waals surface area contributed by atoms with Crippen LogP contribution in [0.3, 0.4) is 0 Å². The van der Waals surface area contributed by atoms with Gasteiger partial charge in [-0.3, -0.25) is 0 Å². The maximum atomic E-state index is 11.1. The predicted octanol–water partition coefficient (Wildman–Crippen LogP) is 5.67. The Balaban J connectivity index is 0.000000462. The van der Waals surface area contributed by atoms with E-state index >= 15 is 0 Å². The van der Waals surface area contributed by atoms with Crippen molar-refractivity contribution in [2.24, 2.45) is 5.92 Å². The second-order valence-electron chi connectivity index (χ2n) is 6.97. The number of carbonyl (C=O) groups excluding carboxylic acids is 1. The minimum atomic E-state index is -0.852. The van der Waals surface area contributed by atoms with E-state index in [1.54, 1.807) is 6.92 Å². The van der Waals surface area contributed by atoms with Gasteiger partial charge in [-0.15, -0.1) is 0 Å². The van der Waals surface area contributed by atoms with Crippen LogP contribution in [-0.4, -0.2) is 23.1 Å². The molecule has 25 heavy (non-hydrogen) atoms. The first-order valence-electron chi connectivity index (χ1n) is 9.59. The summed E-state index contributed by atoms with van der Waals surface area (Å²) in [5.41, 5.74) is 0.850. The Bertz CT molecular complexity index is 433. The fourth-order valence-electron chi connectivity index (χ4n) is 2.81. The van der Waals surface area contributed by atoms with Crippen molar-refractivity contribution in [3.05, 3.63) is 24.3 Å². The molecule has 1 unspecified atom stereocenters. The molecule has 1 aliphatic rings. The monoisotopic (exact) mass is 352 g/mol. The largest absolute Gasteiger partial charge is 0.478 e. The third-order valence-electron chi connectivity index (χ3n) is 4.56. The SMILES string of the molecule is C=C(C)C(=O)OC1CCCCC1.C=C(CC(CC)CCCC)C(=O)O. The first-order chi connectivity index (χ1) is 11.8. The molecule has 1 rings (SSSR count). The predicted molar refractivity (Wildman–Crippen MR) is 102 cm³/mol. The number of aliphatic carboxylic acids is 1. The van der Waals surface area contributed by atoms with E-state index in [0.29, 0.717) is 23.5 Å². The topological polar surface area (TPSA) is 63.6 Å². The lowest BCUT2D eigenvalue weighted by Gasteiger charge is -2.21. The Kier molecular flexibility index (Phi) is 12.8. The lowest BCUT2D eigenvalue weighted by atomic mass is 9.92. The van der Waals surface area contributed by atoms with E-state index in [1.807, 2.05) is 0 Å². The van der Waals surface area contributed by atoms with E-state index in [4.69, 9.17) is 9.84 Å². The molecule has 0 aromatic carbocycles. The molecule has 4 heteroatoms. The molecule has 0 amide bonds. The maximum Gasteiger partial charge on any atom is 0.333 e. The second-order valence-corrected chi connectivity index (χ2v) is 6.97. The molecule has 0 aromatic heterocycles. The fraction of sp³-hybridized carbons (Fsp3) is 0.714. The van der Waals surface area contributed by atoms with Crippen LogP contribution >= 0.6 is 0 Å². The molecule has 0 heterocycles. The van der Waals surface area contributed by atoms with Crippen molar-refractivity contribution in [1.29, 1.82) is 0 Å². The lowest BCUT2D eigenvalue weighted by Crippen LogP contribution is -2.20. The average molecular weight is 353 g/mol. The number of hydrogen-bond donors (Lipinski definition) is 1. The molecule has 1 fully saturated rings. The van der Waals surface area contributed by atoms with Crippen LogP contribution in [0.2, 0.25) is 0 Å². The highest BCUT2D eigenvalue weighted by Gasteiger charge is 2.17. The molecule has 0 saturated heterocycles. The standard InChI is InChI=1S/C11H20O2.C10H16O2/c1-4-6-7-10(5-2)8-9(3)11(12)13;1-8(2)10(11)12-9-6-4-3-5-7-9/h10H,3-8H2,1-2H3,(H,12,13);9H,1,3-7H2,2H3. The van der Waals surface area contributed by atoms with Crippen LogP contribution in [0.25, 0.3) is 0 Å². The molecule has 0 radical (unpaired) electrons. The number of rotatable bonds is 9. The van der Waals surface area contributed by atoms with Crippen molar-refractivity contribution in [3.8, 4) is 0 Å². The average Bonchev–Trinajstić information content (AvgIpc) is 2.59. The van der Waals surface area contributed by atoms with Gasteiger partial charge in [0.25, 0.3) is 0 Å². The summed E-state index contributed by atoms with van der Waals surface area (Å²) in [6.07, 6.45) is 11.0. The smallest absolute Gasteiger partial charge is 0.333 e. The molecular weight excluding hydrogens is 316 g/mol. The van der Waals surface area contributed by atoms with Gasteiger partial charge in [-0.1, -0.05) is 59.1 Å². The van der Waals surface area contributed by atoms with Crippen molar-refractivity contribution in [2.75, 3.05) is 0 Å². The van der Waals surface area contributed by atoms with Gasteiger partial charge in [0.05, 0.1) is 0 Å². The zero-order valence-corrected chi connectivity index (χ0v) is 16.3. The molecule has 144 valence electrons. The molecule has 0 bridgehead atoms. The number of unbranched alkanes of at least 4 members (excludes halogenated alkanes) is 1. The van der Waals surface area contributed by atoms with Crippen LogP contribution in [0.1, 0.15) is 85.0 Å². The van der Waals surface area contributed by atoms with Gasteiger partial charge in [-0.05, 0) is 44.9 Å². The first-order valence-corrected chi connectivity index (χ1v) is 9.59. The third-order valence-corrected chi connectivity index (χ3v) is 4.56. The van der Waals surface area contributed by atoms with Crippen LogP contribution in [0, 0.1) is 5.92 Å². The molecule has 0 aliphatic heterocycles. The molecule has 1 saturated carbocycles. The fourth-order valence-corrected chi connectivity index (χ4v) is 2.81. The summed E-state index contributed by atoms with van der Waals surface area (Å²) >= 11 is 0. The summed E-state index contributed by atoms with van der Waals surface area (Å²) in [5, 5.41) is 8.65. The molecule has 1 N–H and O–H groups in total. The van der Waals surface area contributed by atoms with E-state index in [0.717, 1.165) is 25.7 Å². The summed E-state index contributed by atoms with van der Waals surface area (Å²) in [6, 6.07) is 0. The van der Waals surface area contributed by atoms with Gasteiger partial charge in [0, 0.05) is 11.1 Å². The van der Waals surface area contributed by atoms with Crippen molar-refractivity contribution in [3.63, 3.8) is 0 Å². The number of carboxylic acids is 1. The molecule has 0 aromatic rings. The number of carboxylic acid groups (broad SMARTS) is 1. The molecule has 1 atom stereocenters. The van der Waals surface area contributed by atoms with Crippen molar-refractivity contribution in [1.82, 2.24) is 0 Å². The Morgan fingerprint density at radius 1 is 1.16 bits per heavy atom. The minimum absolute atomic E-state index is 0.156. The van der Waals surface area contributed by atoms with Crippen LogP contribution < -0.4 is 0 Å². The lowest BCUT2D eigenvalue weighted by molar-refractivity contribution is -0.145. The van der Waals surface area contributed by atoms with Crippen LogP contribution in [0.4, 0.5) is 0 Å². The number of esters is 1. The maximum absolute atomic E-state index is 11.1. The summed E-state index contributed by atoms with van der Waals surface area (Å²) in [5.74, 6) is -0.583. The zero-order chi connectivity index (χ0) is 19.2. The Morgan fingerprint density at radius 2 is 1.76 bits per heavy atom. The van der Waals surface area contributed by atoms with Gasteiger partial charge in [-0.2, -0.15) is 0 Å². The summed E-state index contributed by atoms with van der Waals surface area (Å²) in [6.45, 7) is 13.0. The van der Waals surface area contributed by atoms with E-state index in [1.165, 1.54) is 32.1 Å². The summed E-state index contributed by atoms with van der Waals surface area (Å²) in [7, 11) is 0.